The van der Waals surface area contributed by atoms with E-state index in [9.17, 15) is 14.8 Å². The van der Waals surface area contributed by atoms with Crippen LogP contribution in [0.4, 0.5) is 0 Å². The van der Waals surface area contributed by atoms with E-state index >= 15 is 0 Å². The van der Waals surface area contributed by atoms with Crippen LogP contribution in [0.15, 0.2) is 22.5 Å². The predicted octanol–water partition coefficient (Wildman–Crippen LogP) is 7.57. The summed E-state index contributed by atoms with van der Waals surface area (Å²) in [6.45, 7) is 19.6. The van der Waals surface area contributed by atoms with E-state index in [4.69, 9.17) is 9.57 Å². The summed E-state index contributed by atoms with van der Waals surface area (Å²) in [4.78, 5) is 28.8. The lowest BCUT2D eigenvalue weighted by Crippen LogP contribution is -2.67. The van der Waals surface area contributed by atoms with Gasteiger partial charge in [-0.2, -0.15) is 0 Å². The van der Waals surface area contributed by atoms with E-state index in [0.717, 1.165) is 57.1 Å². The van der Waals surface area contributed by atoms with Crippen molar-refractivity contribution in [3.8, 4) is 0 Å². The van der Waals surface area contributed by atoms with Crippen LogP contribution in [0.25, 0.3) is 0 Å². The summed E-state index contributed by atoms with van der Waals surface area (Å²) < 4.78 is 5.70. The van der Waals surface area contributed by atoms with Gasteiger partial charge in [-0.15, -0.1) is 5.16 Å². The number of hydrogen-bond donors (Lipinski definition) is 1. The molecule has 0 spiro atoms. The smallest absolute Gasteiger partial charge is 0.331 e. The number of oxime groups is 2. The molecule has 0 aliphatic heterocycles. The van der Waals surface area contributed by atoms with Gasteiger partial charge >= 0.3 is 11.9 Å². The first-order valence-corrected chi connectivity index (χ1v) is 15.9. The van der Waals surface area contributed by atoms with E-state index in [-0.39, 0.29) is 40.2 Å². The Kier molecular flexibility index (Phi) is 7.55. The van der Waals surface area contributed by atoms with E-state index in [1.165, 1.54) is 32.3 Å². The van der Waals surface area contributed by atoms with E-state index in [1.807, 2.05) is 6.21 Å². The Bertz CT molecular complexity index is 1160. The van der Waals surface area contributed by atoms with Crippen molar-refractivity contribution in [2.24, 2.45) is 67.0 Å². The zero-order valence-corrected chi connectivity index (χ0v) is 26.4. The van der Waals surface area contributed by atoms with Crippen LogP contribution in [-0.2, 0) is 19.2 Å². The van der Waals surface area contributed by atoms with Crippen LogP contribution < -0.4 is 0 Å². The molecule has 228 valence electrons. The van der Waals surface area contributed by atoms with Gasteiger partial charge < -0.3 is 14.8 Å². The fourth-order valence-corrected chi connectivity index (χ4v) is 11.9. The fourth-order valence-electron chi connectivity index (χ4n) is 11.9. The van der Waals surface area contributed by atoms with Crippen LogP contribution in [0.1, 0.15) is 113 Å². The second-order valence-electron chi connectivity index (χ2n) is 15.5. The number of carbonyl (C=O) groups excluding carboxylic acids is 2. The highest BCUT2D eigenvalue weighted by Crippen LogP contribution is 2.77. The van der Waals surface area contributed by atoms with Crippen molar-refractivity contribution in [2.75, 3.05) is 6.61 Å². The molecule has 5 aliphatic rings. The van der Waals surface area contributed by atoms with Gasteiger partial charge in [0.1, 0.15) is 6.61 Å². The van der Waals surface area contributed by atoms with E-state index in [0.29, 0.717) is 23.7 Å². The first-order chi connectivity index (χ1) is 19.2. The minimum atomic E-state index is -0.483. The number of nitrogens with zero attached hydrogens (tertiary/aromatic N) is 2. The summed E-state index contributed by atoms with van der Waals surface area (Å²) in [7, 11) is 0. The molecule has 0 heterocycles. The van der Waals surface area contributed by atoms with Gasteiger partial charge in [0.05, 0.1) is 11.9 Å². The molecule has 10 atom stereocenters. The average molecular weight is 569 g/mol. The number of allylic oxidation sites excluding steroid dienone is 1. The molecule has 5 aliphatic carbocycles. The number of esters is 1. The lowest BCUT2D eigenvalue weighted by atomic mass is 9.32. The average Bonchev–Trinajstić information content (AvgIpc) is 3.27. The first kappa shape index (κ1) is 30.3. The number of fused-ring (bicyclic) bond motifs is 7. The Morgan fingerprint density at radius 2 is 1.66 bits per heavy atom. The SMILES string of the molecule is C=C(C)[C@@H]1CC[C@]2(/C=N/O)CC[C@]3(C)[C@H](CC[C@@H]4[C@@]5(C)CC/C(=N/OC(C)=O)C(C)(COC(C)=O)[C@@H]5CC[C@]43C)[C@@H]12. The summed E-state index contributed by atoms with van der Waals surface area (Å²) in [6.07, 6.45) is 12.6. The Labute approximate surface area is 246 Å². The maximum absolute atomic E-state index is 12.0. The molecule has 5 saturated carbocycles. The van der Waals surface area contributed by atoms with E-state index < -0.39 is 11.4 Å². The molecule has 0 amide bonds. The largest absolute Gasteiger partial charge is 0.465 e. The third kappa shape index (κ3) is 4.33. The van der Waals surface area contributed by atoms with Gasteiger partial charge in [0.2, 0.25) is 0 Å². The van der Waals surface area contributed by atoms with Crippen LogP contribution in [0.2, 0.25) is 0 Å². The molecule has 0 saturated heterocycles. The van der Waals surface area contributed by atoms with Crippen molar-refractivity contribution in [3.63, 3.8) is 0 Å². The van der Waals surface area contributed by atoms with Crippen molar-refractivity contribution in [1.29, 1.82) is 0 Å². The maximum atomic E-state index is 12.0. The Morgan fingerprint density at radius 1 is 0.927 bits per heavy atom. The molecular formula is C34H52N2O5. The van der Waals surface area contributed by atoms with Crippen molar-refractivity contribution in [3.05, 3.63) is 12.2 Å². The van der Waals surface area contributed by atoms with Crippen LogP contribution in [0.5, 0.6) is 0 Å². The Balaban J connectivity index is 1.53. The molecule has 0 aromatic carbocycles. The molecule has 41 heavy (non-hydrogen) atoms. The predicted molar refractivity (Wildman–Crippen MR) is 159 cm³/mol. The molecule has 7 nitrogen and oxygen atoms in total. The van der Waals surface area contributed by atoms with Gasteiger partial charge in [-0.1, -0.05) is 45.0 Å². The molecule has 5 rings (SSSR count). The molecule has 1 unspecified atom stereocenters. The van der Waals surface area contributed by atoms with Gasteiger partial charge in [0.15, 0.2) is 0 Å². The number of ether oxygens (including phenoxy) is 1. The van der Waals surface area contributed by atoms with E-state index in [2.05, 4.69) is 51.5 Å². The van der Waals surface area contributed by atoms with Crippen molar-refractivity contribution >= 4 is 23.9 Å². The second-order valence-corrected chi connectivity index (χ2v) is 15.5. The number of rotatable bonds is 5. The quantitative estimate of drug-likeness (QED) is 0.0921. The lowest BCUT2D eigenvalue weighted by molar-refractivity contribution is -0.225. The van der Waals surface area contributed by atoms with Gasteiger partial charge in [-0.3, -0.25) is 4.79 Å². The van der Waals surface area contributed by atoms with Crippen molar-refractivity contribution in [1.82, 2.24) is 0 Å². The molecule has 0 radical (unpaired) electrons. The molecule has 7 heteroatoms. The Morgan fingerprint density at radius 3 is 2.29 bits per heavy atom. The van der Waals surface area contributed by atoms with E-state index in [1.54, 1.807) is 0 Å². The normalized spacial score (nSPS) is 48.1. The van der Waals surface area contributed by atoms with Crippen LogP contribution >= 0.6 is 0 Å². The molecule has 0 bridgehead atoms. The van der Waals surface area contributed by atoms with Crippen LogP contribution in [-0.4, -0.2) is 35.7 Å². The first-order valence-electron chi connectivity index (χ1n) is 15.9. The topological polar surface area (TPSA) is 97.6 Å². The highest BCUT2D eigenvalue weighted by atomic mass is 16.7. The standard InChI is InChI=1S/C34H52N2O5/c1-21(2)24-11-16-34(19-35-39)18-17-32(7)25(29(24)34)9-10-27-30(5)14-13-28(36-41-23(4)38)31(6,20-40-22(3)37)26(30)12-15-33(27,32)8/h19,24-27,29,39H,1,9-18,20H2,2-8H3/b35-19+,36-28-/t24-,25+,26+,27+,29+,30-,31?,32+,33+,34+/m0/s1. The molecular weight excluding hydrogens is 516 g/mol. The molecule has 0 aromatic rings. The van der Waals surface area contributed by atoms with Gasteiger partial charge in [-0.05, 0) is 117 Å². The van der Waals surface area contributed by atoms with Crippen molar-refractivity contribution in [2.45, 2.75) is 113 Å². The molecule has 0 aromatic heterocycles. The summed E-state index contributed by atoms with van der Waals surface area (Å²) in [5, 5.41) is 17.8. The summed E-state index contributed by atoms with van der Waals surface area (Å²) in [5.41, 5.74) is 2.02. The molecule has 1 N–H and O–H groups in total. The van der Waals surface area contributed by atoms with Gasteiger partial charge in [0.25, 0.3) is 0 Å². The summed E-state index contributed by atoms with van der Waals surface area (Å²) in [5.74, 6) is 1.60. The number of carbonyl (C=O) groups is 2. The lowest BCUT2D eigenvalue weighted by Gasteiger charge is -2.72. The van der Waals surface area contributed by atoms with Crippen LogP contribution in [0, 0.1) is 56.7 Å². The van der Waals surface area contributed by atoms with Crippen molar-refractivity contribution < 1.29 is 24.4 Å². The Hall–Kier alpha value is -2.18. The van der Waals surface area contributed by atoms with Crippen LogP contribution in [0.3, 0.4) is 0 Å². The molecule has 5 fully saturated rings. The fraction of sp³-hybridized carbons (Fsp3) is 0.824. The minimum absolute atomic E-state index is 0.0254. The third-order valence-electron chi connectivity index (χ3n) is 13.9. The highest BCUT2D eigenvalue weighted by Gasteiger charge is 2.71. The zero-order valence-electron chi connectivity index (χ0n) is 26.4. The summed E-state index contributed by atoms with van der Waals surface area (Å²) in [6, 6.07) is 0. The number of hydrogen-bond acceptors (Lipinski definition) is 7. The minimum Gasteiger partial charge on any atom is -0.465 e. The second kappa shape index (κ2) is 10.2. The van der Waals surface area contributed by atoms with Gasteiger partial charge in [-0.25, -0.2) is 4.79 Å². The summed E-state index contributed by atoms with van der Waals surface area (Å²) >= 11 is 0. The zero-order chi connectivity index (χ0) is 30.0. The maximum Gasteiger partial charge on any atom is 0.331 e. The highest BCUT2D eigenvalue weighted by molar-refractivity contribution is 5.91. The third-order valence-corrected chi connectivity index (χ3v) is 13.9. The van der Waals surface area contributed by atoms with Gasteiger partial charge in [0, 0.05) is 24.7 Å². The monoisotopic (exact) mass is 568 g/mol.